The third-order valence-electron chi connectivity index (χ3n) is 1.47. The number of carbonyl (C=O) groups is 1. The van der Waals surface area contributed by atoms with Gasteiger partial charge in [0.2, 0.25) is 0 Å². The minimum atomic E-state index is -0.348. The van der Waals surface area contributed by atoms with Crippen LogP contribution in [0.1, 0.15) is 26.5 Å². The lowest BCUT2D eigenvalue weighted by Crippen LogP contribution is -2.44. The van der Waals surface area contributed by atoms with Crippen LogP contribution < -0.4 is 10.7 Å². The van der Waals surface area contributed by atoms with Gasteiger partial charge in [-0.25, -0.2) is 10.2 Å². The Balaban J connectivity index is 2.44. The quantitative estimate of drug-likeness (QED) is 0.570. The molecule has 7 heteroatoms. The number of H-pyrrole nitrogens is 1. The average Bonchev–Trinajstić information content (AvgIpc) is 2.48. The minimum absolute atomic E-state index is 0.284. The number of aromatic nitrogens is 2. The van der Waals surface area contributed by atoms with Crippen LogP contribution in [-0.4, -0.2) is 28.0 Å². The fraction of sp³-hybridized carbons (Fsp3) is 0.444. The molecule has 1 aromatic rings. The van der Waals surface area contributed by atoms with Gasteiger partial charge in [0.25, 0.3) is 0 Å². The van der Waals surface area contributed by atoms with Crippen LogP contribution in [0.5, 0.6) is 0 Å². The fourth-order valence-corrected chi connectivity index (χ4v) is 1.19. The van der Waals surface area contributed by atoms with Crippen LogP contribution in [0.4, 0.5) is 4.79 Å². The number of halogens is 1. The second-order valence-corrected chi connectivity index (χ2v) is 5.06. The van der Waals surface area contributed by atoms with Gasteiger partial charge in [-0.15, -0.1) is 0 Å². The normalized spacial score (nSPS) is 11.8. The monoisotopic (exact) mass is 287 g/mol. The molecule has 0 saturated heterocycles. The molecule has 2 amide bonds. The zero-order valence-electron chi connectivity index (χ0n) is 9.34. The van der Waals surface area contributed by atoms with E-state index in [9.17, 15) is 4.79 Å². The van der Waals surface area contributed by atoms with Gasteiger partial charge in [-0.2, -0.15) is 10.2 Å². The van der Waals surface area contributed by atoms with Crippen molar-refractivity contribution in [3.63, 3.8) is 0 Å². The summed E-state index contributed by atoms with van der Waals surface area (Å²) in [5, 5.41) is 13.0. The van der Waals surface area contributed by atoms with Crippen molar-refractivity contribution in [3.8, 4) is 0 Å². The molecule has 0 aromatic carbocycles. The van der Waals surface area contributed by atoms with Crippen molar-refractivity contribution in [1.29, 1.82) is 0 Å². The van der Waals surface area contributed by atoms with E-state index in [0.29, 0.717) is 5.69 Å². The number of hydrogen-bond donors (Lipinski definition) is 3. The molecular formula is C9H14BrN5O. The summed E-state index contributed by atoms with van der Waals surface area (Å²) in [6, 6.07) is -0.348. The molecule has 0 aliphatic carbocycles. The zero-order chi connectivity index (χ0) is 12.2. The molecular weight excluding hydrogens is 274 g/mol. The first kappa shape index (κ1) is 12.7. The summed E-state index contributed by atoms with van der Waals surface area (Å²) >= 11 is 3.27. The van der Waals surface area contributed by atoms with Crippen molar-refractivity contribution < 1.29 is 4.79 Å². The summed E-state index contributed by atoms with van der Waals surface area (Å²) in [4.78, 5) is 11.3. The molecule has 1 aromatic heterocycles. The van der Waals surface area contributed by atoms with Crippen LogP contribution in [0.2, 0.25) is 0 Å². The maximum atomic E-state index is 11.3. The Morgan fingerprint density at radius 3 is 2.81 bits per heavy atom. The van der Waals surface area contributed by atoms with E-state index >= 15 is 0 Å². The highest BCUT2D eigenvalue weighted by Gasteiger charge is 2.12. The Kier molecular flexibility index (Phi) is 4.05. The number of amides is 2. The van der Waals surface area contributed by atoms with E-state index in [1.807, 2.05) is 20.8 Å². The van der Waals surface area contributed by atoms with Crippen LogP contribution in [0.25, 0.3) is 0 Å². The number of urea groups is 1. The summed E-state index contributed by atoms with van der Waals surface area (Å²) in [7, 11) is 0. The second-order valence-electron chi connectivity index (χ2n) is 4.21. The number of nitrogens with zero attached hydrogens (tertiary/aromatic N) is 2. The predicted octanol–water partition coefficient (Wildman–Crippen LogP) is 1.60. The smallest absolute Gasteiger partial charge is 0.332 e. The molecule has 0 saturated carbocycles. The molecule has 0 bridgehead atoms. The lowest BCUT2D eigenvalue weighted by atomic mass is 10.1. The first-order valence-corrected chi connectivity index (χ1v) is 5.48. The maximum absolute atomic E-state index is 11.3. The minimum Gasteiger partial charge on any atom is -0.332 e. The van der Waals surface area contributed by atoms with Crippen LogP contribution in [0, 0.1) is 0 Å². The third-order valence-corrected chi connectivity index (χ3v) is 2.10. The van der Waals surface area contributed by atoms with E-state index < -0.39 is 0 Å². The van der Waals surface area contributed by atoms with Gasteiger partial charge in [0.1, 0.15) is 0 Å². The van der Waals surface area contributed by atoms with Gasteiger partial charge in [0.05, 0.1) is 22.6 Å². The maximum Gasteiger partial charge on any atom is 0.335 e. The molecule has 0 unspecified atom stereocenters. The Morgan fingerprint density at radius 1 is 1.62 bits per heavy atom. The van der Waals surface area contributed by atoms with Crippen molar-refractivity contribution in [2.75, 3.05) is 0 Å². The van der Waals surface area contributed by atoms with Crippen LogP contribution in [0.15, 0.2) is 15.8 Å². The SMILES string of the molecule is CC(C)(C)NC(=O)N/N=C/c1[nH]ncc1Br. The van der Waals surface area contributed by atoms with Gasteiger partial charge in [0.15, 0.2) is 0 Å². The van der Waals surface area contributed by atoms with Crippen molar-refractivity contribution in [3.05, 3.63) is 16.4 Å². The number of rotatable bonds is 2. The van der Waals surface area contributed by atoms with E-state index in [1.54, 1.807) is 6.20 Å². The summed E-state index contributed by atoms with van der Waals surface area (Å²) in [6.45, 7) is 5.67. The average molecular weight is 288 g/mol. The number of carbonyl (C=O) groups excluding carboxylic acids is 1. The molecule has 6 nitrogen and oxygen atoms in total. The lowest BCUT2D eigenvalue weighted by Gasteiger charge is -2.19. The fourth-order valence-electron chi connectivity index (χ4n) is 0.896. The number of hydrazone groups is 1. The highest BCUT2D eigenvalue weighted by atomic mass is 79.9. The van der Waals surface area contributed by atoms with E-state index in [4.69, 9.17) is 0 Å². The van der Waals surface area contributed by atoms with Crippen LogP contribution in [-0.2, 0) is 0 Å². The molecule has 0 atom stereocenters. The Labute approximate surface area is 102 Å². The number of nitrogens with one attached hydrogen (secondary N) is 3. The van der Waals surface area contributed by atoms with E-state index in [0.717, 1.165) is 4.47 Å². The van der Waals surface area contributed by atoms with Gasteiger partial charge < -0.3 is 5.32 Å². The molecule has 0 aliphatic heterocycles. The summed E-state index contributed by atoms with van der Waals surface area (Å²) < 4.78 is 0.786. The third kappa shape index (κ3) is 4.43. The van der Waals surface area contributed by atoms with E-state index in [1.165, 1.54) is 6.21 Å². The van der Waals surface area contributed by atoms with Gasteiger partial charge in [-0.3, -0.25) is 5.10 Å². The van der Waals surface area contributed by atoms with Gasteiger partial charge in [-0.1, -0.05) is 0 Å². The van der Waals surface area contributed by atoms with Gasteiger partial charge >= 0.3 is 6.03 Å². The molecule has 16 heavy (non-hydrogen) atoms. The second kappa shape index (κ2) is 5.11. The Hall–Kier alpha value is -1.37. The lowest BCUT2D eigenvalue weighted by molar-refractivity contribution is 0.232. The Bertz CT molecular complexity index is 393. The summed E-state index contributed by atoms with van der Waals surface area (Å²) in [5.74, 6) is 0. The standard InChI is InChI=1S/C9H14BrN5O/c1-9(2,3)13-8(16)15-12-5-7-6(10)4-11-14-7/h4-5H,1-3H3,(H,11,14)(H2,13,15,16)/b12-5+. The van der Waals surface area contributed by atoms with E-state index in [-0.39, 0.29) is 11.6 Å². The summed E-state index contributed by atoms with van der Waals surface area (Å²) in [5.41, 5.74) is 2.76. The molecule has 0 spiro atoms. The largest absolute Gasteiger partial charge is 0.335 e. The molecule has 3 N–H and O–H groups in total. The van der Waals surface area contributed by atoms with Crippen molar-refractivity contribution in [1.82, 2.24) is 20.9 Å². The van der Waals surface area contributed by atoms with Crippen LogP contribution >= 0.6 is 15.9 Å². The van der Waals surface area contributed by atoms with Gasteiger partial charge in [0, 0.05) is 5.54 Å². The van der Waals surface area contributed by atoms with Crippen molar-refractivity contribution in [2.24, 2.45) is 5.10 Å². The van der Waals surface area contributed by atoms with E-state index in [2.05, 4.69) is 42.0 Å². The molecule has 0 aliphatic rings. The first-order chi connectivity index (χ1) is 7.38. The molecule has 0 radical (unpaired) electrons. The van der Waals surface area contributed by atoms with Gasteiger partial charge in [-0.05, 0) is 36.7 Å². The Morgan fingerprint density at radius 2 is 2.31 bits per heavy atom. The zero-order valence-corrected chi connectivity index (χ0v) is 10.9. The van der Waals surface area contributed by atoms with Crippen molar-refractivity contribution in [2.45, 2.75) is 26.3 Å². The highest BCUT2D eigenvalue weighted by Crippen LogP contribution is 2.09. The number of hydrogen-bond acceptors (Lipinski definition) is 3. The molecule has 0 fully saturated rings. The first-order valence-electron chi connectivity index (χ1n) is 4.68. The molecule has 1 heterocycles. The topological polar surface area (TPSA) is 82.2 Å². The molecule has 1 rings (SSSR count). The van der Waals surface area contributed by atoms with Crippen molar-refractivity contribution >= 4 is 28.2 Å². The highest BCUT2D eigenvalue weighted by molar-refractivity contribution is 9.10. The summed E-state index contributed by atoms with van der Waals surface area (Å²) in [6.07, 6.45) is 3.08. The predicted molar refractivity (Wildman–Crippen MR) is 65.3 cm³/mol. The van der Waals surface area contributed by atoms with Crippen LogP contribution in [0.3, 0.4) is 0 Å². The molecule has 88 valence electrons. The number of aromatic amines is 1.